The van der Waals surface area contributed by atoms with E-state index in [0.717, 1.165) is 4.47 Å². The Hall–Kier alpha value is -3.26. The highest BCUT2D eigenvalue weighted by atomic mass is 79.9. The Kier molecular flexibility index (Phi) is 6.00. The number of halogens is 2. The maximum Gasteiger partial charge on any atom is 0.420 e. The van der Waals surface area contributed by atoms with Crippen LogP contribution in [0, 0.1) is 15.9 Å². The summed E-state index contributed by atoms with van der Waals surface area (Å²) in [4.78, 5) is 24.3. The van der Waals surface area contributed by atoms with Crippen LogP contribution in [0.5, 0.6) is 5.75 Å². The van der Waals surface area contributed by atoms with Gasteiger partial charge in [0.05, 0.1) is 11.5 Å². The smallest absolute Gasteiger partial charge is 0.410 e. The molecule has 0 aliphatic carbocycles. The second-order valence-corrected chi connectivity index (χ2v) is 6.69. The second-order valence-electron chi connectivity index (χ2n) is 5.78. The Bertz CT molecular complexity index is 1010. The zero-order valence-electron chi connectivity index (χ0n) is 14.4. The molecule has 0 aliphatic rings. The molecule has 0 bridgehead atoms. The highest BCUT2D eigenvalue weighted by molar-refractivity contribution is 9.10. The monoisotopic (exact) mass is 444 g/mol. The molecule has 0 N–H and O–H groups in total. The summed E-state index contributed by atoms with van der Waals surface area (Å²) in [6, 6.07) is 18.2. The number of non-ortho nitro benzene ring substituents is 1. The molecular formula is C20H14BrFN2O4. The summed E-state index contributed by atoms with van der Waals surface area (Å²) in [5.41, 5.74) is 0.711. The van der Waals surface area contributed by atoms with Crippen LogP contribution in [0.3, 0.4) is 0 Å². The van der Waals surface area contributed by atoms with Gasteiger partial charge >= 0.3 is 6.09 Å². The number of carbonyl (C=O) groups excluding carboxylic acids is 1. The third-order valence-corrected chi connectivity index (χ3v) is 4.37. The van der Waals surface area contributed by atoms with Gasteiger partial charge in [-0.1, -0.05) is 40.2 Å². The topological polar surface area (TPSA) is 72.7 Å². The Balaban J connectivity index is 1.88. The molecule has 3 aromatic rings. The Morgan fingerprint density at radius 2 is 1.79 bits per heavy atom. The van der Waals surface area contributed by atoms with Gasteiger partial charge in [0.25, 0.3) is 5.69 Å². The number of amides is 1. The molecule has 0 spiro atoms. The maximum atomic E-state index is 14.1. The second kappa shape index (κ2) is 8.62. The fourth-order valence-electron chi connectivity index (χ4n) is 2.49. The largest absolute Gasteiger partial charge is 0.420 e. The van der Waals surface area contributed by atoms with Crippen LogP contribution in [-0.2, 0) is 6.54 Å². The van der Waals surface area contributed by atoms with Gasteiger partial charge in [0.2, 0.25) is 0 Å². The molecule has 6 nitrogen and oxygen atoms in total. The van der Waals surface area contributed by atoms with Crippen molar-refractivity contribution < 1.29 is 18.8 Å². The average molecular weight is 445 g/mol. The summed E-state index contributed by atoms with van der Waals surface area (Å²) in [6.07, 6.45) is -0.741. The van der Waals surface area contributed by atoms with Crippen LogP contribution in [-0.4, -0.2) is 11.0 Å². The van der Waals surface area contributed by atoms with Crippen molar-refractivity contribution in [3.63, 3.8) is 0 Å². The summed E-state index contributed by atoms with van der Waals surface area (Å²) in [5.74, 6) is -0.297. The van der Waals surface area contributed by atoms with E-state index in [1.807, 2.05) is 0 Å². The van der Waals surface area contributed by atoms with Crippen molar-refractivity contribution >= 4 is 33.4 Å². The normalized spacial score (nSPS) is 10.4. The predicted molar refractivity (Wildman–Crippen MR) is 106 cm³/mol. The summed E-state index contributed by atoms with van der Waals surface area (Å²) in [6.45, 7) is -0.0467. The minimum atomic E-state index is -0.741. The number of anilines is 1. The zero-order chi connectivity index (χ0) is 20.1. The van der Waals surface area contributed by atoms with Gasteiger partial charge in [0.15, 0.2) is 0 Å². The summed E-state index contributed by atoms with van der Waals surface area (Å²) in [7, 11) is 0. The first-order chi connectivity index (χ1) is 13.4. The molecule has 3 aromatic carbocycles. The Morgan fingerprint density at radius 3 is 2.43 bits per heavy atom. The first-order valence-electron chi connectivity index (χ1n) is 8.17. The first-order valence-corrected chi connectivity index (χ1v) is 8.96. The van der Waals surface area contributed by atoms with Crippen LogP contribution in [0.1, 0.15) is 5.56 Å². The number of nitrogens with zero attached hydrogens (tertiary/aromatic N) is 2. The quantitative estimate of drug-likeness (QED) is 0.373. The molecule has 0 atom stereocenters. The molecule has 8 heteroatoms. The van der Waals surface area contributed by atoms with Crippen LogP contribution < -0.4 is 9.64 Å². The van der Waals surface area contributed by atoms with Crippen molar-refractivity contribution in [2.45, 2.75) is 6.54 Å². The molecule has 0 radical (unpaired) electrons. The van der Waals surface area contributed by atoms with Crippen molar-refractivity contribution in [2.24, 2.45) is 0 Å². The minimum Gasteiger partial charge on any atom is -0.410 e. The molecule has 28 heavy (non-hydrogen) atoms. The van der Waals surface area contributed by atoms with Gasteiger partial charge in [-0.2, -0.15) is 0 Å². The van der Waals surface area contributed by atoms with E-state index in [-0.39, 0.29) is 18.0 Å². The van der Waals surface area contributed by atoms with Gasteiger partial charge in [-0.3, -0.25) is 15.0 Å². The number of carbonyl (C=O) groups is 1. The molecule has 0 saturated heterocycles. The highest BCUT2D eigenvalue weighted by Crippen LogP contribution is 2.25. The van der Waals surface area contributed by atoms with E-state index in [1.54, 1.807) is 42.5 Å². The predicted octanol–water partition coefficient (Wildman–Crippen LogP) is 5.70. The standard InChI is InChI=1S/C20H14BrFN2O4/c21-15-5-3-6-17(12-15)23(13-14-4-1-2-7-19(14)22)20(25)28-18-10-8-16(9-11-18)24(26)27/h1-12H,13H2. The van der Waals surface area contributed by atoms with Gasteiger partial charge in [-0.25, -0.2) is 9.18 Å². The van der Waals surface area contributed by atoms with Crippen LogP contribution in [0.15, 0.2) is 77.3 Å². The number of hydrogen-bond donors (Lipinski definition) is 0. The summed E-state index contributed by atoms with van der Waals surface area (Å²) in [5, 5.41) is 10.7. The molecule has 0 heterocycles. The highest BCUT2D eigenvalue weighted by Gasteiger charge is 2.21. The number of nitro groups is 1. The van der Waals surface area contributed by atoms with E-state index in [9.17, 15) is 19.3 Å². The molecule has 0 saturated carbocycles. The lowest BCUT2D eigenvalue weighted by Gasteiger charge is -2.22. The zero-order valence-corrected chi connectivity index (χ0v) is 16.0. The number of benzene rings is 3. The lowest BCUT2D eigenvalue weighted by molar-refractivity contribution is -0.384. The molecule has 0 unspecified atom stereocenters. The third kappa shape index (κ3) is 4.72. The lowest BCUT2D eigenvalue weighted by Crippen LogP contribution is -2.33. The van der Waals surface area contributed by atoms with Crippen molar-refractivity contribution in [1.29, 1.82) is 0 Å². The minimum absolute atomic E-state index is 0.0467. The molecule has 142 valence electrons. The van der Waals surface area contributed by atoms with Crippen LogP contribution in [0.2, 0.25) is 0 Å². The molecule has 0 fully saturated rings. The molecule has 3 rings (SSSR count). The SMILES string of the molecule is O=C(Oc1ccc([N+](=O)[O-])cc1)N(Cc1ccccc1F)c1cccc(Br)c1. The van der Waals surface area contributed by atoms with E-state index >= 15 is 0 Å². The number of nitro benzene ring substituents is 1. The van der Waals surface area contributed by atoms with Crippen LogP contribution >= 0.6 is 15.9 Å². The van der Waals surface area contributed by atoms with E-state index < -0.39 is 16.8 Å². The van der Waals surface area contributed by atoms with Gasteiger partial charge in [-0.05, 0) is 36.4 Å². The van der Waals surface area contributed by atoms with Gasteiger partial charge < -0.3 is 4.74 Å². The Morgan fingerprint density at radius 1 is 1.07 bits per heavy atom. The van der Waals surface area contributed by atoms with E-state index in [2.05, 4.69) is 15.9 Å². The molecular weight excluding hydrogens is 431 g/mol. The van der Waals surface area contributed by atoms with Crippen molar-refractivity contribution in [3.8, 4) is 5.75 Å². The van der Waals surface area contributed by atoms with Gasteiger partial charge in [0.1, 0.15) is 11.6 Å². The van der Waals surface area contributed by atoms with Crippen molar-refractivity contribution in [1.82, 2.24) is 0 Å². The van der Waals surface area contributed by atoms with Crippen molar-refractivity contribution in [3.05, 3.63) is 98.8 Å². The fourth-order valence-corrected chi connectivity index (χ4v) is 2.88. The molecule has 0 aromatic heterocycles. The van der Waals surface area contributed by atoms with Crippen LogP contribution in [0.4, 0.5) is 20.6 Å². The number of ether oxygens (including phenoxy) is 1. The summed E-state index contributed by atoms with van der Waals surface area (Å²) < 4.78 is 20.2. The van der Waals surface area contributed by atoms with E-state index in [4.69, 9.17) is 4.74 Å². The number of hydrogen-bond acceptors (Lipinski definition) is 4. The summed E-state index contributed by atoms with van der Waals surface area (Å²) >= 11 is 3.35. The fraction of sp³-hybridized carbons (Fsp3) is 0.0500. The van der Waals surface area contributed by atoms with E-state index in [0.29, 0.717) is 11.3 Å². The number of rotatable bonds is 5. The maximum absolute atomic E-state index is 14.1. The lowest BCUT2D eigenvalue weighted by atomic mass is 10.2. The first kappa shape index (κ1) is 19.5. The van der Waals surface area contributed by atoms with Gasteiger partial charge in [0, 0.05) is 27.9 Å². The van der Waals surface area contributed by atoms with E-state index in [1.165, 1.54) is 35.2 Å². The molecule has 1 amide bonds. The molecule has 0 aliphatic heterocycles. The third-order valence-electron chi connectivity index (χ3n) is 3.88. The van der Waals surface area contributed by atoms with Crippen molar-refractivity contribution in [2.75, 3.05) is 4.90 Å². The Labute approximate surface area is 168 Å². The van der Waals surface area contributed by atoms with Gasteiger partial charge in [-0.15, -0.1) is 0 Å². The average Bonchev–Trinajstić information content (AvgIpc) is 2.67. The van der Waals surface area contributed by atoms with Crippen LogP contribution in [0.25, 0.3) is 0 Å².